The van der Waals surface area contributed by atoms with Crippen molar-refractivity contribution in [3.63, 3.8) is 0 Å². The number of hydrogen-bond donors (Lipinski definition) is 1. The fraction of sp³-hybridized carbons (Fsp3) is 0.0714. The number of rotatable bonds is 4. The summed E-state index contributed by atoms with van der Waals surface area (Å²) in [5.74, 6) is 0.556. The van der Waals surface area contributed by atoms with Gasteiger partial charge in [0.2, 0.25) is 0 Å². The smallest absolute Gasteiger partial charge is 0.118 e. The number of amidine groups is 1. The second-order valence-electron chi connectivity index (χ2n) is 3.62. The zero-order valence-corrected chi connectivity index (χ0v) is 10.2. The summed E-state index contributed by atoms with van der Waals surface area (Å²) < 4.78 is 0. The first kappa shape index (κ1) is 11.6. The molecule has 86 valence electrons. The maximum atomic E-state index is 5.80. The molecule has 1 heterocycles. The lowest BCUT2D eigenvalue weighted by Gasteiger charge is -1.94. The summed E-state index contributed by atoms with van der Waals surface area (Å²) in [4.78, 5) is 4.30. The first-order valence-corrected chi connectivity index (χ1v) is 6.33. The van der Waals surface area contributed by atoms with E-state index < -0.39 is 0 Å². The third-order valence-corrected chi connectivity index (χ3v) is 3.00. The van der Waals surface area contributed by atoms with Crippen LogP contribution in [0.1, 0.15) is 11.1 Å². The van der Waals surface area contributed by atoms with Crippen molar-refractivity contribution in [2.75, 3.05) is 0 Å². The molecule has 0 atom stereocenters. The van der Waals surface area contributed by atoms with Gasteiger partial charge in [0.05, 0.1) is 6.54 Å². The summed E-state index contributed by atoms with van der Waals surface area (Å²) in [5.41, 5.74) is 8.13. The molecule has 0 aliphatic carbocycles. The summed E-state index contributed by atoms with van der Waals surface area (Å²) >= 11 is 1.67. The van der Waals surface area contributed by atoms with Gasteiger partial charge in [-0.3, -0.25) is 4.99 Å². The second-order valence-corrected chi connectivity index (χ2v) is 4.40. The molecule has 0 aliphatic heterocycles. The van der Waals surface area contributed by atoms with Crippen LogP contribution in [0.4, 0.5) is 0 Å². The van der Waals surface area contributed by atoms with Gasteiger partial charge in [-0.05, 0) is 34.0 Å². The second kappa shape index (κ2) is 6.01. The highest BCUT2D eigenvalue weighted by molar-refractivity contribution is 7.07. The lowest BCUT2D eigenvalue weighted by atomic mass is 10.2. The molecule has 3 heteroatoms. The Morgan fingerprint density at radius 1 is 1.24 bits per heavy atom. The maximum Gasteiger partial charge on any atom is 0.118 e. The SMILES string of the molecule is NC(/C=C/c1ccccc1)=NCc1ccsc1. The van der Waals surface area contributed by atoms with Crippen LogP contribution in [0.5, 0.6) is 0 Å². The Kier molecular flexibility index (Phi) is 4.11. The van der Waals surface area contributed by atoms with Gasteiger partial charge in [0.1, 0.15) is 5.84 Å². The van der Waals surface area contributed by atoms with E-state index >= 15 is 0 Å². The van der Waals surface area contributed by atoms with Crippen molar-refractivity contribution in [2.24, 2.45) is 10.7 Å². The topological polar surface area (TPSA) is 38.4 Å². The Bertz CT molecular complexity index is 498. The number of thiophene rings is 1. The first-order valence-electron chi connectivity index (χ1n) is 5.39. The summed E-state index contributed by atoms with van der Waals surface area (Å²) in [6.45, 7) is 0.647. The van der Waals surface area contributed by atoms with Gasteiger partial charge in [0, 0.05) is 0 Å². The fourth-order valence-electron chi connectivity index (χ4n) is 1.36. The van der Waals surface area contributed by atoms with E-state index in [2.05, 4.69) is 16.4 Å². The molecule has 0 spiro atoms. The van der Waals surface area contributed by atoms with Crippen LogP contribution in [-0.4, -0.2) is 5.84 Å². The predicted molar refractivity (Wildman–Crippen MR) is 75.1 cm³/mol. The largest absolute Gasteiger partial charge is 0.384 e. The molecular weight excluding hydrogens is 228 g/mol. The highest BCUT2D eigenvalue weighted by Gasteiger charge is 1.91. The van der Waals surface area contributed by atoms with Crippen molar-refractivity contribution < 1.29 is 0 Å². The van der Waals surface area contributed by atoms with Crippen LogP contribution >= 0.6 is 11.3 Å². The minimum absolute atomic E-state index is 0.556. The lowest BCUT2D eigenvalue weighted by molar-refractivity contribution is 1.07. The quantitative estimate of drug-likeness (QED) is 0.648. The molecule has 0 bridgehead atoms. The van der Waals surface area contributed by atoms with Gasteiger partial charge in [-0.15, -0.1) is 0 Å². The number of aliphatic imine (C=N–C) groups is 1. The van der Waals surface area contributed by atoms with Crippen molar-refractivity contribution >= 4 is 23.2 Å². The number of benzene rings is 1. The zero-order valence-electron chi connectivity index (χ0n) is 9.41. The van der Waals surface area contributed by atoms with Crippen LogP contribution < -0.4 is 5.73 Å². The Balaban J connectivity index is 1.94. The van der Waals surface area contributed by atoms with E-state index in [-0.39, 0.29) is 0 Å². The van der Waals surface area contributed by atoms with E-state index in [1.165, 1.54) is 5.56 Å². The van der Waals surface area contributed by atoms with Crippen LogP contribution in [0, 0.1) is 0 Å². The van der Waals surface area contributed by atoms with Crippen LogP contribution in [-0.2, 0) is 6.54 Å². The Morgan fingerprint density at radius 2 is 2.06 bits per heavy atom. The van der Waals surface area contributed by atoms with Gasteiger partial charge in [-0.2, -0.15) is 11.3 Å². The molecule has 1 aromatic heterocycles. The highest BCUT2D eigenvalue weighted by atomic mass is 32.1. The predicted octanol–water partition coefficient (Wildman–Crippen LogP) is 3.32. The third-order valence-electron chi connectivity index (χ3n) is 2.27. The van der Waals surface area contributed by atoms with Gasteiger partial charge in [0.25, 0.3) is 0 Å². The summed E-state index contributed by atoms with van der Waals surface area (Å²) in [6.07, 6.45) is 3.80. The monoisotopic (exact) mass is 242 g/mol. The normalized spacial score (nSPS) is 12.1. The first-order chi connectivity index (χ1) is 8.34. The average molecular weight is 242 g/mol. The molecule has 1 aromatic carbocycles. The maximum absolute atomic E-state index is 5.80. The Hall–Kier alpha value is -1.87. The van der Waals surface area contributed by atoms with Crippen LogP contribution in [0.15, 0.2) is 58.2 Å². The van der Waals surface area contributed by atoms with E-state index in [1.54, 1.807) is 11.3 Å². The van der Waals surface area contributed by atoms with Gasteiger partial charge in [0.15, 0.2) is 0 Å². The van der Waals surface area contributed by atoms with Crippen LogP contribution in [0.3, 0.4) is 0 Å². The molecule has 2 N–H and O–H groups in total. The number of nitrogens with two attached hydrogens (primary N) is 1. The summed E-state index contributed by atoms with van der Waals surface area (Å²) in [6, 6.07) is 12.1. The molecule has 0 amide bonds. The third kappa shape index (κ3) is 3.89. The minimum atomic E-state index is 0.556. The molecule has 2 aromatic rings. The van der Waals surface area contributed by atoms with Crippen molar-refractivity contribution in [1.29, 1.82) is 0 Å². The molecule has 0 fully saturated rings. The van der Waals surface area contributed by atoms with E-state index in [9.17, 15) is 0 Å². The van der Waals surface area contributed by atoms with E-state index in [4.69, 9.17) is 5.73 Å². The van der Waals surface area contributed by atoms with Crippen molar-refractivity contribution in [3.8, 4) is 0 Å². The van der Waals surface area contributed by atoms with Crippen LogP contribution in [0.2, 0.25) is 0 Å². The number of nitrogens with zero attached hydrogens (tertiary/aromatic N) is 1. The van der Waals surface area contributed by atoms with Gasteiger partial charge < -0.3 is 5.73 Å². The lowest BCUT2D eigenvalue weighted by Crippen LogP contribution is -2.07. The van der Waals surface area contributed by atoms with E-state index in [0.29, 0.717) is 12.4 Å². The van der Waals surface area contributed by atoms with E-state index in [0.717, 1.165) is 5.56 Å². The molecule has 0 radical (unpaired) electrons. The van der Waals surface area contributed by atoms with Crippen molar-refractivity contribution in [1.82, 2.24) is 0 Å². The van der Waals surface area contributed by atoms with E-state index in [1.807, 2.05) is 47.9 Å². The minimum Gasteiger partial charge on any atom is -0.384 e. The Labute approximate surface area is 105 Å². The zero-order chi connectivity index (χ0) is 11.9. The van der Waals surface area contributed by atoms with Crippen LogP contribution in [0.25, 0.3) is 6.08 Å². The molecule has 2 nitrogen and oxygen atoms in total. The van der Waals surface area contributed by atoms with Gasteiger partial charge in [-0.1, -0.05) is 36.4 Å². The molecule has 0 saturated carbocycles. The van der Waals surface area contributed by atoms with Gasteiger partial charge >= 0.3 is 0 Å². The highest BCUT2D eigenvalue weighted by Crippen LogP contribution is 2.07. The molecule has 0 saturated heterocycles. The molecule has 2 rings (SSSR count). The molecule has 0 unspecified atom stereocenters. The summed E-state index contributed by atoms with van der Waals surface area (Å²) in [5, 5.41) is 4.12. The Morgan fingerprint density at radius 3 is 2.76 bits per heavy atom. The standard InChI is InChI=1S/C14H14N2S/c15-14(16-10-13-8-9-17-11-13)7-6-12-4-2-1-3-5-12/h1-9,11H,10H2,(H2,15,16)/b7-6+. The van der Waals surface area contributed by atoms with Crippen molar-refractivity contribution in [2.45, 2.75) is 6.54 Å². The van der Waals surface area contributed by atoms with Crippen molar-refractivity contribution in [3.05, 3.63) is 64.4 Å². The average Bonchev–Trinajstić information content (AvgIpc) is 2.88. The summed E-state index contributed by atoms with van der Waals surface area (Å²) in [7, 11) is 0. The van der Waals surface area contributed by atoms with Gasteiger partial charge in [-0.25, -0.2) is 0 Å². The molecular formula is C14H14N2S. The number of hydrogen-bond acceptors (Lipinski definition) is 2. The molecule has 0 aliphatic rings. The fourth-order valence-corrected chi connectivity index (χ4v) is 2.02. The molecule has 17 heavy (non-hydrogen) atoms.